The van der Waals surface area contributed by atoms with Crippen LogP contribution in [0.2, 0.25) is 10.0 Å². The molecule has 0 aliphatic carbocycles. The van der Waals surface area contributed by atoms with Crippen LogP contribution in [0.25, 0.3) is 11.3 Å². The number of aromatic nitrogens is 1. The van der Waals surface area contributed by atoms with Gasteiger partial charge in [-0.15, -0.1) is 0 Å². The minimum Gasteiger partial charge on any atom is -0.441 e. The fraction of sp³-hybridized carbons (Fsp3) is 0.238. The molecule has 0 saturated heterocycles. The first-order chi connectivity index (χ1) is 13.1. The van der Waals surface area contributed by atoms with Gasteiger partial charge in [-0.3, -0.25) is 4.79 Å². The summed E-state index contributed by atoms with van der Waals surface area (Å²) in [5, 5.41) is 1.07. The van der Waals surface area contributed by atoms with Crippen molar-refractivity contribution < 1.29 is 9.21 Å². The summed E-state index contributed by atoms with van der Waals surface area (Å²) in [5.41, 5.74) is 2.98. The van der Waals surface area contributed by atoms with Crippen LogP contribution >= 0.6 is 23.2 Å². The van der Waals surface area contributed by atoms with E-state index in [2.05, 4.69) is 11.1 Å². The molecule has 2 aromatic carbocycles. The highest BCUT2D eigenvalue weighted by Gasteiger charge is 2.22. The van der Waals surface area contributed by atoms with Crippen LogP contribution in [0.3, 0.4) is 0 Å². The van der Waals surface area contributed by atoms with Gasteiger partial charge in [-0.05, 0) is 42.7 Å². The lowest BCUT2D eigenvalue weighted by Crippen LogP contribution is -2.35. The number of hydrogen-bond acceptors (Lipinski definition) is 3. The van der Waals surface area contributed by atoms with E-state index in [-0.39, 0.29) is 5.91 Å². The lowest BCUT2D eigenvalue weighted by Gasteiger charge is -2.29. The van der Waals surface area contributed by atoms with Gasteiger partial charge < -0.3 is 9.32 Å². The average molecular weight is 401 g/mol. The molecule has 3 aromatic rings. The number of carbonyl (C=O) groups excluding carboxylic acids is 1. The number of rotatable bonds is 4. The molecule has 1 amide bonds. The van der Waals surface area contributed by atoms with Crippen LogP contribution < -0.4 is 4.90 Å². The van der Waals surface area contributed by atoms with E-state index in [0.29, 0.717) is 34.5 Å². The minimum absolute atomic E-state index is 0.0893. The van der Waals surface area contributed by atoms with Gasteiger partial charge in [0.05, 0.1) is 11.2 Å². The standard InChI is InChI=1S/C21H18Cl2N2O2/c22-15-7-8-16(17(23)12-15)19-13-24-20(27-19)9-10-21(26)25-11-3-5-14-4-1-2-6-18(14)25/h1-2,4,6-8,12-13H,3,5,9-11H2. The third-order valence-electron chi connectivity index (χ3n) is 4.71. The first kappa shape index (κ1) is 18.1. The molecule has 138 valence electrons. The molecule has 0 radical (unpaired) electrons. The molecule has 0 N–H and O–H groups in total. The van der Waals surface area contributed by atoms with Crippen LogP contribution in [0.5, 0.6) is 0 Å². The Morgan fingerprint density at radius 1 is 1.19 bits per heavy atom. The first-order valence-electron chi connectivity index (χ1n) is 8.90. The molecule has 4 rings (SSSR count). The molecule has 0 bridgehead atoms. The number of aryl methyl sites for hydroxylation is 2. The van der Waals surface area contributed by atoms with Crippen LogP contribution in [0, 0.1) is 0 Å². The van der Waals surface area contributed by atoms with Gasteiger partial charge in [-0.2, -0.15) is 0 Å². The molecule has 0 saturated carbocycles. The highest BCUT2D eigenvalue weighted by atomic mass is 35.5. The van der Waals surface area contributed by atoms with E-state index in [4.69, 9.17) is 27.6 Å². The van der Waals surface area contributed by atoms with Crippen LogP contribution in [-0.4, -0.2) is 17.4 Å². The van der Waals surface area contributed by atoms with Gasteiger partial charge in [0.25, 0.3) is 0 Å². The maximum atomic E-state index is 12.7. The number of hydrogen-bond donors (Lipinski definition) is 0. The Labute approximate surface area is 167 Å². The molecule has 0 unspecified atom stereocenters. The third-order valence-corrected chi connectivity index (χ3v) is 5.26. The predicted molar refractivity (Wildman–Crippen MR) is 107 cm³/mol. The molecule has 2 heterocycles. The number of benzene rings is 2. The largest absolute Gasteiger partial charge is 0.441 e. The van der Waals surface area contributed by atoms with Crippen molar-refractivity contribution in [1.82, 2.24) is 4.98 Å². The van der Waals surface area contributed by atoms with Crippen molar-refractivity contribution in [2.75, 3.05) is 11.4 Å². The average Bonchev–Trinajstić information content (AvgIpc) is 3.14. The Kier molecular flexibility index (Phi) is 5.19. The van der Waals surface area contributed by atoms with E-state index < -0.39 is 0 Å². The molecule has 0 atom stereocenters. The van der Waals surface area contributed by atoms with Gasteiger partial charge in [0.15, 0.2) is 11.7 Å². The second kappa shape index (κ2) is 7.75. The van der Waals surface area contributed by atoms with Crippen molar-refractivity contribution in [1.29, 1.82) is 0 Å². The second-order valence-corrected chi connectivity index (χ2v) is 7.36. The van der Waals surface area contributed by atoms with Crippen molar-refractivity contribution >= 4 is 34.8 Å². The molecule has 6 heteroatoms. The summed E-state index contributed by atoms with van der Waals surface area (Å²) in [6, 6.07) is 13.3. The molecule has 1 aliphatic rings. The summed E-state index contributed by atoms with van der Waals surface area (Å²) in [6.45, 7) is 0.757. The Morgan fingerprint density at radius 2 is 2.04 bits per heavy atom. The van der Waals surface area contributed by atoms with Crippen molar-refractivity contribution in [3.05, 3.63) is 70.2 Å². The minimum atomic E-state index is 0.0893. The summed E-state index contributed by atoms with van der Waals surface area (Å²) in [7, 11) is 0. The number of halogens is 2. The highest BCUT2D eigenvalue weighted by Crippen LogP contribution is 2.31. The molecule has 0 fully saturated rings. The van der Waals surface area contributed by atoms with Crippen molar-refractivity contribution in [3.63, 3.8) is 0 Å². The topological polar surface area (TPSA) is 46.3 Å². The van der Waals surface area contributed by atoms with E-state index in [1.165, 1.54) is 5.56 Å². The maximum absolute atomic E-state index is 12.7. The van der Waals surface area contributed by atoms with Crippen LogP contribution in [0.15, 0.2) is 53.1 Å². The number of nitrogens with zero attached hydrogens (tertiary/aromatic N) is 2. The number of amides is 1. The number of oxazole rings is 1. The zero-order chi connectivity index (χ0) is 18.8. The maximum Gasteiger partial charge on any atom is 0.227 e. The van der Waals surface area contributed by atoms with Gasteiger partial charge >= 0.3 is 0 Å². The van der Waals surface area contributed by atoms with Crippen molar-refractivity contribution in [3.8, 4) is 11.3 Å². The zero-order valence-electron chi connectivity index (χ0n) is 14.6. The summed E-state index contributed by atoms with van der Waals surface area (Å²) in [6.07, 6.45) is 4.43. The highest BCUT2D eigenvalue weighted by molar-refractivity contribution is 6.36. The monoisotopic (exact) mass is 400 g/mol. The van der Waals surface area contributed by atoms with Crippen LogP contribution in [-0.2, 0) is 17.6 Å². The fourth-order valence-corrected chi connectivity index (χ4v) is 3.88. The first-order valence-corrected chi connectivity index (χ1v) is 9.66. The Hall–Kier alpha value is -2.30. The van der Waals surface area contributed by atoms with Crippen molar-refractivity contribution in [2.45, 2.75) is 25.7 Å². The quantitative estimate of drug-likeness (QED) is 0.575. The van der Waals surface area contributed by atoms with Gasteiger partial charge in [0.1, 0.15) is 0 Å². The van der Waals surface area contributed by atoms with Crippen LogP contribution in [0.4, 0.5) is 5.69 Å². The van der Waals surface area contributed by atoms with Crippen molar-refractivity contribution in [2.24, 2.45) is 0 Å². The molecular formula is C21H18Cl2N2O2. The number of fused-ring (bicyclic) bond motifs is 1. The van der Waals surface area contributed by atoms with Gasteiger partial charge in [-0.1, -0.05) is 41.4 Å². The lowest BCUT2D eigenvalue weighted by atomic mass is 10.0. The summed E-state index contributed by atoms with van der Waals surface area (Å²) in [4.78, 5) is 18.9. The normalized spacial score (nSPS) is 13.5. The number of anilines is 1. The molecule has 4 nitrogen and oxygen atoms in total. The van der Waals surface area contributed by atoms with Crippen LogP contribution in [0.1, 0.15) is 24.3 Å². The number of para-hydroxylation sites is 1. The second-order valence-electron chi connectivity index (χ2n) is 6.52. The molecule has 27 heavy (non-hydrogen) atoms. The summed E-state index contributed by atoms with van der Waals surface area (Å²) in [5.74, 6) is 1.18. The molecule has 0 spiro atoms. The Bertz CT molecular complexity index is 984. The van der Waals surface area contributed by atoms with E-state index in [0.717, 1.165) is 30.6 Å². The Morgan fingerprint density at radius 3 is 2.89 bits per heavy atom. The van der Waals surface area contributed by atoms with Gasteiger partial charge in [-0.25, -0.2) is 4.98 Å². The predicted octanol–water partition coefficient (Wildman–Crippen LogP) is 5.56. The zero-order valence-corrected chi connectivity index (χ0v) is 16.1. The third kappa shape index (κ3) is 3.87. The summed E-state index contributed by atoms with van der Waals surface area (Å²) < 4.78 is 5.79. The lowest BCUT2D eigenvalue weighted by molar-refractivity contribution is -0.118. The van der Waals surface area contributed by atoms with E-state index >= 15 is 0 Å². The fourth-order valence-electron chi connectivity index (χ4n) is 3.38. The molecular weight excluding hydrogens is 383 g/mol. The Balaban J connectivity index is 1.44. The summed E-state index contributed by atoms with van der Waals surface area (Å²) >= 11 is 12.1. The van der Waals surface area contributed by atoms with Gasteiger partial charge in [0, 0.05) is 35.7 Å². The molecule has 1 aliphatic heterocycles. The molecule has 1 aromatic heterocycles. The smallest absolute Gasteiger partial charge is 0.227 e. The van der Waals surface area contributed by atoms with Gasteiger partial charge in [0.2, 0.25) is 5.91 Å². The van der Waals surface area contributed by atoms with E-state index in [1.54, 1.807) is 24.4 Å². The van der Waals surface area contributed by atoms with E-state index in [9.17, 15) is 4.79 Å². The SMILES string of the molecule is O=C(CCc1ncc(-c2ccc(Cl)cc2Cl)o1)N1CCCc2ccccc21. The van der Waals surface area contributed by atoms with E-state index in [1.807, 2.05) is 23.1 Å². The number of carbonyl (C=O) groups is 1.